The molecule has 5 nitrogen and oxygen atoms in total. The van der Waals surface area contributed by atoms with Crippen LogP contribution in [0.3, 0.4) is 0 Å². The SMILES string of the molecule is COCOc1ccc(/C=C/C(=O)N2CCN(C/C=C/c3ccccc3)CC2)cc1. The summed E-state index contributed by atoms with van der Waals surface area (Å²) in [5.74, 6) is 0.803. The van der Waals surface area contributed by atoms with Gasteiger partial charge in [-0.15, -0.1) is 0 Å². The van der Waals surface area contributed by atoms with Crippen LogP contribution in [0.4, 0.5) is 0 Å². The molecule has 1 saturated heterocycles. The highest BCUT2D eigenvalue weighted by atomic mass is 16.7. The van der Waals surface area contributed by atoms with Crippen molar-refractivity contribution in [3.63, 3.8) is 0 Å². The minimum atomic E-state index is 0.0594. The zero-order valence-corrected chi connectivity index (χ0v) is 16.9. The van der Waals surface area contributed by atoms with Crippen molar-refractivity contribution < 1.29 is 14.3 Å². The van der Waals surface area contributed by atoms with E-state index in [2.05, 4.69) is 29.2 Å². The lowest BCUT2D eigenvalue weighted by Gasteiger charge is -2.33. The summed E-state index contributed by atoms with van der Waals surface area (Å²) in [5.41, 5.74) is 2.18. The van der Waals surface area contributed by atoms with Crippen molar-refractivity contribution in [1.29, 1.82) is 0 Å². The molecule has 0 radical (unpaired) electrons. The van der Waals surface area contributed by atoms with Crippen molar-refractivity contribution >= 4 is 18.1 Å². The molecule has 0 unspecified atom stereocenters. The van der Waals surface area contributed by atoms with Crippen LogP contribution in [-0.2, 0) is 9.53 Å². The molecule has 2 aromatic carbocycles. The monoisotopic (exact) mass is 392 g/mol. The molecule has 1 amide bonds. The van der Waals surface area contributed by atoms with Crippen molar-refractivity contribution in [2.24, 2.45) is 0 Å². The fourth-order valence-electron chi connectivity index (χ4n) is 3.13. The Labute approximate surface area is 172 Å². The summed E-state index contributed by atoms with van der Waals surface area (Å²) in [6, 6.07) is 17.9. The van der Waals surface area contributed by atoms with Crippen LogP contribution in [-0.4, -0.2) is 62.3 Å². The van der Waals surface area contributed by atoms with Crippen molar-refractivity contribution in [2.75, 3.05) is 46.6 Å². The highest BCUT2D eigenvalue weighted by Gasteiger charge is 2.18. The molecule has 1 heterocycles. The van der Waals surface area contributed by atoms with Crippen molar-refractivity contribution in [3.8, 4) is 5.75 Å². The van der Waals surface area contributed by atoms with E-state index in [0.717, 1.165) is 44.0 Å². The number of hydrogen-bond acceptors (Lipinski definition) is 4. The Morgan fingerprint density at radius 1 is 0.931 bits per heavy atom. The molecule has 0 saturated carbocycles. The van der Waals surface area contributed by atoms with Crippen LogP contribution in [0.5, 0.6) is 5.75 Å². The second-order valence-corrected chi connectivity index (χ2v) is 6.89. The maximum Gasteiger partial charge on any atom is 0.246 e. The average molecular weight is 392 g/mol. The summed E-state index contributed by atoms with van der Waals surface area (Å²) in [5, 5.41) is 0. The van der Waals surface area contributed by atoms with E-state index in [9.17, 15) is 4.79 Å². The average Bonchev–Trinajstić information content (AvgIpc) is 2.78. The van der Waals surface area contributed by atoms with Crippen molar-refractivity contribution in [3.05, 3.63) is 77.9 Å². The predicted molar refractivity (Wildman–Crippen MR) is 116 cm³/mol. The van der Waals surface area contributed by atoms with Gasteiger partial charge >= 0.3 is 0 Å². The number of methoxy groups -OCH3 is 1. The van der Waals surface area contributed by atoms with E-state index in [-0.39, 0.29) is 12.7 Å². The first-order chi connectivity index (χ1) is 14.2. The quantitative estimate of drug-likeness (QED) is 0.509. The van der Waals surface area contributed by atoms with E-state index in [1.54, 1.807) is 13.2 Å². The van der Waals surface area contributed by atoms with Crippen LogP contribution < -0.4 is 4.74 Å². The van der Waals surface area contributed by atoms with Gasteiger partial charge in [-0.3, -0.25) is 9.69 Å². The fraction of sp³-hybridized carbons (Fsp3) is 0.292. The minimum Gasteiger partial charge on any atom is -0.468 e. The van der Waals surface area contributed by atoms with Gasteiger partial charge in [0.25, 0.3) is 0 Å². The summed E-state index contributed by atoms with van der Waals surface area (Å²) in [7, 11) is 1.59. The van der Waals surface area contributed by atoms with E-state index in [0.29, 0.717) is 0 Å². The third-order valence-electron chi connectivity index (χ3n) is 4.80. The number of hydrogen-bond donors (Lipinski definition) is 0. The van der Waals surface area contributed by atoms with Crippen LogP contribution >= 0.6 is 0 Å². The Morgan fingerprint density at radius 3 is 2.31 bits per heavy atom. The molecule has 0 spiro atoms. The van der Waals surface area contributed by atoms with Crippen LogP contribution in [0, 0.1) is 0 Å². The van der Waals surface area contributed by atoms with Crippen molar-refractivity contribution in [1.82, 2.24) is 9.80 Å². The fourth-order valence-corrected chi connectivity index (χ4v) is 3.13. The maximum absolute atomic E-state index is 12.5. The zero-order valence-electron chi connectivity index (χ0n) is 16.9. The molecule has 3 rings (SSSR count). The van der Waals surface area contributed by atoms with Crippen LogP contribution in [0.1, 0.15) is 11.1 Å². The molecule has 1 fully saturated rings. The molecule has 1 aliphatic rings. The van der Waals surface area contributed by atoms with Gasteiger partial charge in [0, 0.05) is 45.9 Å². The highest BCUT2D eigenvalue weighted by molar-refractivity contribution is 5.91. The van der Waals surface area contributed by atoms with Gasteiger partial charge in [0.2, 0.25) is 5.91 Å². The number of rotatable bonds is 8. The Kier molecular flexibility index (Phi) is 8.04. The lowest BCUT2D eigenvalue weighted by Crippen LogP contribution is -2.48. The summed E-state index contributed by atoms with van der Waals surface area (Å²) < 4.78 is 10.2. The maximum atomic E-state index is 12.5. The van der Waals surface area contributed by atoms with Gasteiger partial charge in [-0.05, 0) is 29.3 Å². The first-order valence-electron chi connectivity index (χ1n) is 9.87. The normalized spacial score (nSPS) is 15.3. The molecule has 2 aromatic rings. The highest BCUT2D eigenvalue weighted by Crippen LogP contribution is 2.13. The van der Waals surface area contributed by atoms with E-state index in [1.807, 2.05) is 53.4 Å². The van der Waals surface area contributed by atoms with Crippen LogP contribution in [0.2, 0.25) is 0 Å². The van der Waals surface area contributed by atoms with E-state index in [1.165, 1.54) is 5.56 Å². The smallest absolute Gasteiger partial charge is 0.246 e. The number of ether oxygens (including phenoxy) is 2. The number of nitrogens with zero attached hydrogens (tertiary/aromatic N) is 2. The van der Waals surface area contributed by atoms with Gasteiger partial charge in [-0.25, -0.2) is 0 Å². The number of piperazine rings is 1. The van der Waals surface area contributed by atoms with Gasteiger partial charge < -0.3 is 14.4 Å². The Balaban J connectivity index is 1.41. The van der Waals surface area contributed by atoms with E-state index in [4.69, 9.17) is 9.47 Å². The second-order valence-electron chi connectivity index (χ2n) is 6.89. The molecule has 0 bridgehead atoms. The first-order valence-corrected chi connectivity index (χ1v) is 9.87. The predicted octanol–water partition coefficient (Wildman–Crippen LogP) is 3.54. The third kappa shape index (κ3) is 6.89. The molecule has 5 heteroatoms. The second kappa shape index (κ2) is 11.2. The number of amides is 1. The van der Waals surface area contributed by atoms with Gasteiger partial charge in [0.15, 0.2) is 6.79 Å². The molecule has 152 valence electrons. The molecule has 0 aromatic heterocycles. The standard InChI is InChI=1S/C24H28N2O3/c1-28-20-29-23-12-9-22(10-13-23)11-14-24(27)26-18-16-25(17-19-26)15-5-8-21-6-3-2-4-7-21/h2-14H,15-20H2,1H3/b8-5+,14-11+. The lowest BCUT2D eigenvalue weighted by atomic mass is 10.2. The molecule has 0 aliphatic carbocycles. The van der Waals surface area contributed by atoms with Gasteiger partial charge in [0.1, 0.15) is 5.75 Å². The van der Waals surface area contributed by atoms with Crippen LogP contribution in [0.25, 0.3) is 12.2 Å². The van der Waals surface area contributed by atoms with Crippen LogP contribution in [0.15, 0.2) is 66.7 Å². The topological polar surface area (TPSA) is 42.0 Å². The molecular formula is C24H28N2O3. The molecule has 0 atom stereocenters. The first kappa shape index (κ1) is 20.8. The Bertz CT molecular complexity index is 808. The van der Waals surface area contributed by atoms with Gasteiger partial charge in [-0.2, -0.15) is 0 Å². The number of benzene rings is 2. The summed E-state index contributed by atoms with van der Waals surface area (Å²) in [6.07, 6.45) is 7.83. The molecule has 29 heavy (non-hydrogen) atoms. The third-order valence-corrected chi connectivity index (χ3v) is 4.80. The lowest BCUT2D eigenvalue weighted by molar-refractivity contribution is -0.127. The number of carbonyl (C=O) groups excluding carboxylic acids is 1. The number of carbonyl (C=O) groups is 1. The summed E-state index contributed by atoms with van der Waals surface area (Å²) in [4.78, 5) is 16.7. The minimum absolute atomic E-state index is 0.0594. The van der Waals surface area contributed by atoms with E-state index < -0.39 is 0 Å². The summed E-state index contributed by atoms with van der Waals surface area (Å²) >= 11 is 0. The summed E-state index contributed by atoms with van der Waals surface area (Å²) in [6.45, 7) is 4.43. The van der Waals surface area contributed by atoms with Gasteiger partial charge in [-0.1, -0.05) is 54.6 Å². The largest absolute Gasteiger partial charge is 0.468 e. The zero-order chi connectivity index (χ0) is 20.3. The molecule has 1 aliphatic heterocycles. The van der Waals surface area contributed by atoms with Gasteiger partial charge in [0.05, 0.1) is 0 Å². The molecule has 0 N–H and O–H groups in total. The Hall–Kier alpha value is -2.89. The van der Waals surface area contributed by atoms with E-state index >= 15 is 0 Å². The Morgan fingerprint density at radius 2 is 1.62 bits per heavy atom. The molecular weight excluding hydrogens is 364 g/mol. The van der Waals surface area contributed by atoms with Crippen molar-refractivity contribution in [2.45, 2.75) is 0 Å².